The maximum absolute atomic E-state index is 8.37. The maximum Gasteiger partial charge on any atom is 0.219 e. The Morgan fingerprint density at radius 1 is 1.31 bits per heavy atom. The first-order valence-electron chi connectivity index (χ1n) is 5.41. The van der Waals surface area contributed by atoms with Crippen LogP contribution in [0.2, 0.25) is 0 Å². The predicted molar refractivity (Wildman–Crippen MR) is 60.5 cm³/mol. The Kier molecular flexibility index (Phi) is 7.21. The number of allylic oxidation sites excluding steroid dienone is 3. The quantitative estimate of drug-likeness (QED) is 0.796. The van der Waals surface area contributed by atoms with Crippen molar-refractivity contribution in [2.24, 2.45) is 0 Å². The van der Waals surface area contributed by atoms with E-state index in [1.54, 1.807) is 24.7 Å². The largest absolute Gasteiger partial charge is 0.502 e. The van der Waals surface area contributed by atoms with Crippen LogP contribution in [0.25, 0.3) is 0 Å². The molecule has 0 aromatic rings. The highest BCUT2D eigenvalue weighted by atomic mass is 16.7. The van der Waals surface area contributed by atoms with Gasteiger partial charge >= 0.3 is 0 Å². The van der Waals surface area contributed by atoms with Crippen LogP contribution in [0, 0.1) is 0 Å². The molecule has 0 aromatic carbocycles. The lowest BCUT2D eigenvalue weighted by Crippen LogP contribution is -2.15. The molecule has 1 unspecified atom stereocenters. The van der Waals surface area contributed by atoms with E-state index < -0.39 is 0 Å². The zero-order chi connectivity index (χ0) is 11.5. The number of ether oxygens (including phenoxy) is 3. The van der Waals surface area contributed by atoms with Crippen molar-refractivity contribution in [2.45, 2.75) is 19.1 Å². The summed E-state index contributed by atoms with van der Waals surface area (Å²) in [6.07, 6.45) is 12.8. The number of rotatable bonds is 3. The highest BCUT2D eigenvalue weighted by Crippen LogP contribution is 2.02. The van der Waals surface area contributed by atoms with Crippen molar-refractivity contribution < 1.29 is 19.3 Å². The molecule has 0 saturated carbocycles. The molecular weight excluding hydrogens is 208 g/mol. The van der Waals surface area contributed by atoms with Gasteiger partial charge < -0.3 is 19.3 Å². The summed E-state index contributed by atoms with van der Waals surface area (Å²) in [5.41, 5.74) is 0. The minimum atomic E-state index is -0.322. The summed E-state index contributed by atoms with van der Waals surface area (Å²) < 4.78 is 14.9. The van der Waals surface area contributed by atoms with Crippen LogP contribution in [0.1, 0.15) is 12.8 Å². The second-order valence-electron chi connectivity index (χ2n) is 3.20. The van der Waals surface area contributed by atoms with Gasteiger partial charge in [-0.2, -0.15) is 0 Å². The van der Waals surface area contributed by atoms with Gasteiger partial charge in [-0.25, -0.2) is 0 Å². The third kappa shape index (κ3) is 6.27. The Labute approximate surface area is 95.8 Å². The third-order valence-corrected chi connectivity index (χ3v) is 1.87. The van der Waals surface area contributed by atoms with Gasteiger partial charge in [-0.1, -0.05) is 6.08 Å². The van der Waals surface area contributed by atoms with E-state index in [1.165, 1.54) is 12.8 Å². The molecule has 0 bridgehead atoms. The minimum absolute atomic E-state index is 0.0252. The summed E-state index contributed by atoms with van der Waals surface area (Å²) in [4.78, 5) is 0. The normalized spacial score (nSPS) is 21.7. The van der Waals surface area contributed by atoms with Gasteiger partial charge in [-0.15, -0.1) is 0 Å². The Morgan fingerprint density at radius 3 is 2.69 bits per heavy atom. The minimum Gasteiger partial charge on any atom is -0.502 e. The van der Waals surface area contributed by atoms with Crippen molar-refractivity contribution in [2.75, 3.05) is 19.8 Å². The Bertz CT molecular complexity index is 237. The van der Waals surface area contributed by atoms with Gasteiger partial charge in [0.05, 0.1) is 32.3 Å². The molecule has 0 radical (unpaired) electrons. The highest BCUT2D eigenvalue weighted by Gasteiger charge is 2.03. The number of aliphatic hydroxyl groups is 1. The lowest BCUT2D eigenvalue weighted by atomic mass is 10.3. The zero-order valence-corrected chi connectivity index (χ0v) is 9.25. The fourth-order valence-corrected chi connectivity index (χ4v) is 1.12. The molecule has 0 fully saturated rings. The van der Waals surface area contributed by atoms with Crippen molar-refractivity contribution in [1.82, 2.24) is 0 Å². The summed E-state index contributed by atoms with van der Waals surface area (Å²) in [5, 5.41) is 8.37. The van der Waals surface area contributed by atoms with Crippen LogP contribution in [0.3, 0.4) is 0 Å². The van der Waals surface area contributed by atoms with Crippen LogP contribution in [-0.2, 0) is 14.2 Å². The average Bonchev–Trinajstić information content (AvgIpc) is 2.40. The zero-order valence-electron chi connectivity index (χ0n) is 9.25. The van der Waals surface area contributed by atoms with Crippen LogP contribution >= 0.6 is 0 Å². The molecule has 1 atom stereocenters. The van der Waals surface area contributed by atoms with Crippen molar-refractivity contribution in [3.63, 3.8) is 0 Å². The summed E-state index contributed by atoms with van der Waals surface area (Å²) in [6, 6.07) is 0. The molecule has 2 heterocycles. The first-order valence-corrected chi connectivity index (χ1v) is 5.41. The molecule has 16 heavy (non-hydrogen) atoms. The van der Waals surface area contributed by atoms with Crippen LogP contribution < -0.4 is 0 Å². The maximum atomic E-state index is 8.37. The molecule has 4 heteroatoms. The topological polar surface area (TPSA) is 47.9 Å². The molecule has 0 saturated heterocycles. The molecule has 2 rings (SSSR count). The van der Waals surface area contributed by atoms with E-state index in [0.29, 0.717) is 6.61 Å². The van der Waals surface area contributed by atoms with E-state index in [0.717, 1.165) is 6.61 Å². The molecule has 0 amide bonds. The van der Waals surface area contributed by atoms with Crippen molar-refractivity contribution in [1.29, 1.82) is 0 Å². The molecule has 2 aliphatic heterocycles. The molecule has 90 valence electrons. The Morgan fingerprint density at radius 2 is 2.25 bits per heavy atom. The monoisotopic (exact) mass is 226 g/mol. The van der Waals surface area contributed by atoms with Crippen molar-refractivity contribution in [3.8, 4) is 0 Å². The van der Waals surface area contributed by atoms with Gasteiger partial charge in [0.2, 0.25) is 6.29 Å². The fourth-order valence-electron chi connectivity index (χ4n) is 1.12. The van der Waals surface area contributed by atoms with Gasteiger partial charge in [0.1, 0.15) is 0 Å². The summed E-state index contributed by atoms with van der Waals surface area (Å²) >= 11 is 0. The van der Waals surface area contributed by atoms with Crippen LogP contribution in [-0.4, -0.2) is 31.2 Å². The first-order chi connectivity index (χ1) is 7.93. The Hall–Kier alpha value is -1.26. The average molecular weight is 226 g/mol. The molecule has 4 nitrogen and oxygen atoms in total. The van der Waals surface area contributed by atoms with Gasteiger partial charge in [0.25, 0.3) is 0 Å². The van der Waals surface area contributed by atoms with E-state index in [4.69, 9.17) is 19.3 Å². The van der Waals surface area contributed by atoms with E-state index in [1.807, 2.05) is 12.2 Å². The fraction of sp³-hybridized carbons (Fsp3) is 0.500. The van der Waals surface area contributed by atoms with Gasteiger partial charge in [0.15, 0.2) is 0 Å². The van der Waals surface area contributed by atoms with E-state index in [-0.39, 0.29) is 12.9 Å². The second-order valence-corrected chi connectivity index (χ2v) is 3.20. The number of hydrogen-bond acceptors (Lipinski definition) is 4. The SMILES string of the molecule is C1=COCCC1.OCCOC1C=CC=CO1. The molecular formula is C12H18O4. The smallest absolute Gasteiger partial charge is 0.219 e. The van der Waals surface area contributed by atoms with Crippen LogP contribution in [0.15, 0.2) is 36.8 Å². The predicted octanol–water partition coefficient (Wildman–Crippen LogP) is 1.73. The van der Waals surface area contributed by atoms with Crippen molar-refractivity contribution in [3.05, 3.63) is 36.8 Å². The van der Waals surface area contributed by atoms with Gasteiger partial charge in [-0.05, 0) is 31.1 Å². The van der Waals surface area contributed by atoms with E-state index in [2.05, 4.69) is 0 Å². The van der Waals surface area contributed by atoms with Crippen LogP contribution in [0.4, 0.5) is 0 Å². The summed E-state index contributed by atoms with van der Waals surface area (Å²) in [5.74, 6) is 0. The molecule has 0 aromatic heterocycles. The van der Waals surface area contributed by atoms with Gasteiger partial charge in [-0.3, -0.25) is 0 Å². The van der Waals surface area contributed by atoms with E-state index in [9.17, 15) is 0 Å². The lowest BCUT2D eigenvalue weighted by molar-refractivity contribution is -0.0826. The standard InChI is InChI=1S/C7H10O3.C5H8O/c8-4-6-10-7-3-1-2-5-9-7;1-2-4-6-5-3-1/h1-3,5,7-8H,4,6H2;2,4H,1,3,5H2. The summed E-state index contributed by atoms with van der Waals surface area (Å²) in [6.45, 7) is 1.25. The molecule has 2 aliphatic rings. The first kappa shape index (κ1) is 12.8. The highest BCUT2D eigenvalue weighted by molar-refractivity contribution is 5.05. The molecule has 0 spiro atoms. The van der Waals surface area contributed by atoms with Crippen LogP contribution in [0.5, 0.6) is 0 Å². The molecule has 0 aliphatic carbocycles. The molecule has 1 N–H and O–H groups in total. The Balaban J connectivity index is 0.000000181. The van der Waals surface area contributed by atoms with Crippen molar-refractivity contribution >= 4 is 0 Å². The number of hydrogen-bond donors (Lipinski definition) is 1. The van der Waals surface area contributed by atoms with E-state index >= 15 is 0 Å². The number of aliphatic hydroxyl groups excluding tert-OH is 1. The summed E-state index contributed by atoms with van der Waals surface area (Å²) in [7, 11) is 0. The third-order valence-electron chi connectivity index (χ3n) is 1.87. The van der Waals surface area contributed by atoms with Gasteiger partial charge in [0, 0.05) is 0 Å². The second kappa shape index (κ2) is 9.00. The lowest BCUT2D eigenvalue weighted by Gasteiger charge is -2.14.